The summed E-state index contributed by atoms with van der Waals surface area (Å²) in [7, 11) is 0. The van der Waals surface area contributed by atoms with Crippen LogP contribution < -0.4 is 4.90 Å². The lowest BCUT2D eigenvalue weighted by Gasteiger charge is -2.37. The fourth-order valence-corrected chi connectivity index (χ4v) is 3.22. The Balaban J connectivity index is 1.71. The highest BCUT2D eigenvalue weighted by atomic mass is 19.1. The molecule has 0 bridgehead atoms. The number of hydrogen-bond acceptors (Lipinski definition) is 2. The number of piperazine rings is 1. The van der Waals surface area contributed by atoms with Crippen LogP contribution in [0.1, 0.15) is 35.7 Å². The number of nitrogens with zero attached hydrogens (tertiary/aromatic N) is 2. The van der Waals surface area contributed by atoms with Crippen LogP contribution in [0.5, 0.6) is 0 Å². The van der Waals surface area contributed by atoms with E-state index in [1.165, 1.54) is 17.3 Å². The van der Waals surface area contributed by atoms with Crippen LogP contribution in [-0.2, 0) is 0 Å². The van der Waals surface area contributed by atoms with Gasteiger partial charge in [-0.3, -0.25) is 4.79 Å². The Bertz CT molecular complexity index is 721. The first-order chi connectivity index (χ1) is 11.6. The van der Waals surface area contributed by atoms with Gasteiger partial charge in [0.1, 0.15) is 5.82 Å². The first-order valence-electron chi connectivity index (χ1n) is 8.45. The average molecular weight is 326 g/mol. The molecule has 0 unspecified atom stereocenters. The van der Waals surface area contributed by atoms with Crippen molar-refractivity contribution in [2.75, 3.05) is 31.1 Å². The van der Waals surface area contributed by atoms with Crippen molar-refractivity contribution in [3.63, 3.8) is 0 Å². The molecule has 2 aromatic rings. The van der Waals surface area contributed by atoms with E-state index in [0.29, 0.717) is 19.0 Å². The fourth-order valence-electron chi connectivity index (χ4n) is 3.22. The molecular formula is C20H23FN2O. The SMILES string of the molecule is CC(C)c1ccccc1N1CCN(C(=O)c2ccccc2F)CC1. The van der Waals surface area contributed by atoms with Crippen LogP contribution in [0.4, 0.5) is 10.1 Å². The number of carbonyl (C=O) groups is 1. The molecule has 24 heavy (non-hydrogen) atoms. The Labute approximate surface area is 142 Å². The van der Waals surface area contributed by atoms with Crippen molar-refractivity contribution < 1.29 is 9.18 Å². The molecule has 1 saturated heterocycles. The van der Waals surface area contributed by atoms with Gasteiger partial charge in [-0.05, 0) is 29.7 Å². The average Bonchev–Trinajstić information content (AvgIpc) is 2.62. The topological polar surface area (TPSA) is 23.6 Å². The van der Waals surface area contributed by atoms with Gasteiger partial charge in [-0.1, -0.05) is 44.2 Å². The van der Waals surface area contributed by atoms with Crippen LogP contribution >= 0.6 is 0 Å². The molecule has 1 heterocycles. The van der Waals surface area contributed by atoms with Gasteiger partial charge in [0.05, 0.1) is 5.56 Å². The van der Waals surface area contributed by atoms with Crippen LogP contribution in [-0.4, -0.2) is 37.0 Å². The quantitative estimate of drug-likeness (QED) is 0.854. The first kappa shape index (κ1) is 16.5. The Kier molecular flexibility index (Phi) is 4.84. The van der Waals surface area contributed by atoms with Crippen molar-refractivity contribution >= 4 is 11.6 Å². The maximum Gasteiger partial charge on any atom is 0.256 e. The molecule has 126 valence electrons. The molecule has 2 aromatic carbocycles. The van der Waals surface area contributed by atoms with E-state index in [9.17, 15) is 9.18 Å². The van der Waals surface area contributed by atoms with Gasteiger partial charge in [-0.2, -0.15) is 0 Å². The van der Waals surface area contributed by atoms with Gasteiger partial charge < -0.3 is 9.80 Å². The lowest BCUT2D eigenvalue weighted by Crippen LogP contribution is -2.49. The Morgan fingerprint density at radius 2 is 1.58 bits per heavy atom. The number of benzene rings is 2. The normalized spacial score (nSPS) is 15.0. The van der Waals surface area contributed by atoms with Crippen LogP contribution in [0.15, 0.2) is 48.5 Å². The van der Waals surface area contributed by atoms with Crippen molar-refractivity contribution in [3.8, 4) is 0 Å². The smallest absolute Gasteiger partial charge is 0.256 e. The van der Waals surface area contributed by atoms with Crippen molar-refractivity contribution in [2.45, 2.75) is 19.8 Å². The second-order valence-electron chi connectivity index (χ2n) is 6.47. The van der Waals surface area contributed by atoms with Crippen LogP contribution in [0, 0.1) is 5.82 Å². The summed E-state index contributed by atoms with van der Waals surface area (Å²) in [6.45, 7) is 7.14. The number of anilines is 1. The lowest BCUT2D eigenvalue weighted by molar-refractivity contribution is 0.0742. The van der Waals surface area contributed by atoms with E-state index in [4.69, 9.17) is 0 Å². The zero-order valence-electron chi connectivity index (χ0n) is 14.2. The highest BCUT2D eigenvalue weighted by Gasteiger charge is 2.25. The highest BCUT2D eigenvalue weighted by molar-refractivity contribution is 5.94. The third kappa shape index (κ3) is 3.28. The molecule has 0 saturated carbocycles. The Morgan fingerprint density at radius 3 is 2.25 bits per heavy atom. The van der Waals surface area contributed by atoms with E-state index in [0.717, 1.165) is 13.1 Å². The van der Waals surface area contributed by atoms with Crippen molar-refractivity contribution in [1.82, 2.24) is 4.90 Å². The number of carbonyl (C=O) groups excluding carboxylic acids is 1. The molecule has 0 radical (unpaired) electrons. The molecule has 1 aliphatic rings. The predicted molar refractivity (Wildman–Crippen MR) is 95.0 cm³/mol. The minimum Gasteiger partial charge on any atom is -0.368 e. The second-order valence-corrected chi connectivity index (χ2v) is 6.47. The largest absolute Gasteiger partial charge is 0.368 e. The lowest BCUT2D eigenvalue weighted by atomic mass is 10.00. The highest BCUT2D eigenvalue weighted by Crippen LogP contribution is 2.28. The molecule has 0 N–H and O–H groups in total. The van der Waals surface area contributed by atoms with Gasteiger partial charge in [0, 0.05) is 31.9 Å². The maximum absolute atomic E-state index is 13.8. The zero-order chi connectivity index (χ0) is 17.1. The van der Waals surface area contributed by atoms with E-state index in [-0.39, 0.29) is 11.5 Å². The van der Waals surface area contributed by atoms with Crippen molar-refractivity contribution in [3.05, 3.63) is 65.5 Å². The molecule has 3 rings (SSSR count). The van der Waals surface area contributed by atoms with Gasteiger partial charge >= 0.3 is 0 Å². The summed E-state index contributed by atoms with van der Waals surface area (Å²) in [4.78, 5) is 16.6. The Hall–Kier alpha value is -2.36. The van der Waals surface area contributed by atoms with E-state index in [2.05, 4.69) is 43.0 Å². The number of para-hydroxylation sites is 1. The van der Waals surface area contributed by atoms with Crippen LogP contribution in [0.3, 0.4) is 0 Å². The molecule has 1 amide bonds. The van der Waals surface area contributed by atoms with Crippen molar-refractivity contribution in [1.29, 1.82) is 0 Å². The molecular weight excluding hydrogens is 303 g/mol. The summed E-state index contributed by atoms with van der Waals surface area (Å²) in [5.41, 5.74) is 2.73. The standard InChI is InChI=1S/C20H23FN2O/c1-15(2)16-7-4-6-10-19(16)22-11-13-23(14-12-22)20(24)17-8-3-5-9-18(17)21/h3-10,15H,11-14H2,1-2H3. The van der Waals surface area contributed by atoms with E-state index in [1.807, 2.05) is 0 Å². The molecule has 0 atom stereocenters. The molecule has 4 heteroatoms. The summed E-state index contributed by atoms with van der Waals surface area (Å²) in [5.74, 6) is -0.209. The van der Waals surface area contributed by atoms with Crippen LogP contribution in [0.2, 0.25) is 0 Å². The summed E-state index contributed by atoms with van der Waals surface area (Å²) in [6, 6.07) is 14.6. The summed E-state index contributed by atoms with van der Waals surface area (Å²) >= 11 is 0. The number of hydrogen-bond donors (Lipinski definition) is 0. The van der Waals surface area contributed by atoms with E-state index >= 15 is 0 Å². The number of rotatable bonds is 3. The number of amides is 1. The maximum atomic E-state index is 13.8. The van der Waals surface area contributed by atoms with Gasteiger partial charge in [0.2, 0.25) is 0 Å². The molecule has 1 fully saturated rings. The predicted octanol–water partition coefficient (Wildman–Crippen LogP) is 3.91. The molecule has 1 aliphatic heterocycles. The zero-order valence-corrected chi connectivity index (χ0v) is 14.2. The molecule has 0 aliphatic carbocycles. The fraction of sp³-hybridized carbons (Fsp3) is 0.350. The third-order valence-corrected chi connectivity index (χ3v) is 4.57. The molecule has 3 nitrogen and oxygen atoms in total. The minimum absolute atomic E-state index is 0.161. The number of halogens is 1. The monoisotopic (exact) mass is 326 g/mol. The Morgan fingerprint density at radius 1 is 0.958 bits per heavy atom. The van der Waals surface area contributed by atoms with Gasteiger partial charge in [-0.25, -0.2) is 4.39 Å². The minimum atomic E-state index is -0.449. The molecule has 0 aromatic heterocycles. The van der Waals surface area contributed by atoms with Gasteiger partial charge in [0.15, 0.2) is 0 Å². The van der Waals surface area contributed by atoms with E-state index in [1.54, 1.807) is 23.1 Å². The molecule has 0 spiro atoms. The summed E-state index contributed by atoms with van der Waals surface area (Å²) < 4.78 is 13.8. The van der Waals surface area contributed by atoms with E-state index < -0.39 is 5.82 Å². The third-order valence-electron chi connectivity index (χ3n) is 4.57. The van der Waals surface area contributed by atoms with Gasteiger partial charge in [-0.15, -0.1) is 0 Å². The summed E-state index contributed by atoms with van der Waals surface area (Å²) in [5, 5.41) is 0. The van der Waals surface area contributed by atoms with Gasteiger partial charge in [0.25, 0.3) is 5.91 Å². The van der Waals surface area contributed by atoms with Crippen molar-refractivity contribution in [2.24, 2.45) is 0 Å². The first-order valence-corrected chi connectivity index (χ1v) is 8.45. The second kappa shape index (κ2) is 7.04. The van der Waals surface area contributed by atoms with Crippen LogP contribution in [0.25, 0.3) is 0 Å². The summed E-state index contributed by atoms with van der Waals surface area (Å²) in [6.07, 6.45) is 0.